The van der Waals surface area contributed by atoms with Crippen molar-refractivity contribution in [2.24, 2.45) is 17.6 Å². The molecule has 7 heteroatoms. The summed E-state index contributed by atoms with van der Waals surface area (Å²) >= 11 is 0. The standard InChI is InChI=1S/C18H33N3O3S/c19-12-17(14-6-1-2-7-14)20-25(23,24)16-10-5-11-21(13-16)18(22)15-8-3-4-9-15/h14-17,20H,1-13,19H2. The Labute approximate surface area is 151 Å². The van der Waals surface area contributed by atoms with Crippen molar-refractivity contribution in [3.63, 3.8) is 0 Å². The van der Waals surface area contributed by atoms with Crippen LogP contribution >= 0.6 is 0 Å². The van der Waals surface area contributed by atoms with Crippen LogP contribution in [0.25, 0.3) is 0 Å². The first-order valence-electron chi connectivity index (χ1n) is 10.0. The zero-order valence-electron chi connectivity index (χ0n) is 15.2. The molecule has 0 aromatic rings. The zero-order valence-corrected chi connectivity index (χ0v) is 16.0. The number of amides is 1. The van der Waals surface area contributed by atoms with Gasteiger partial charge in [0, 0.05) is 31.6 Å². The first kappa shape index (κ1) is 19.1. The van der Waals surface area contributed by atoms with Crippen molar-refractivity contribution in [1.29, 1.82) is 0 Å². The Kier molecular flexibility index (Phi) is 6.39. The molecule has 2 atom stereocenters. The summed E-state index contributed by atoms with van der Waals surface area (Å²) in [6, 6.07) is -0.159. The average molecular weight is 372 g/mol. The Morgan fingerprint density at radius 2 is 1.68 bits per heavy atom. The summed E-state index contributed by atoms with van der Waals surface area (Å²) in [5, 5.41) is -0.498. The van der Waals surface area contributed by atoms with E-state index in [4.69, 9.17) is 5.73 Å². The van der Waals surface area contributed by atoms with E-state index in [9.17, 15) is 13.2 Å². The van der Waals surface area contributed by atoms with E-state index in [-0.39, 0.29) is 17.9 Å². The molecule has 3 aliphatic rings. The van der Waals surface area contributed by atoms with Crippen LogP contribution in [0.1, 0.15) is 64.2 Å². The van der Waals surface area contributed by atoms with E-state index in [0.717, 1.165) is 57.8 Å². The van der Waals surface area contributed by atoms with Crippen molar-refractivity contribution in [3.05, 3.63) is 0 Å². The van der Waals surface area contributed by atoms with Gasteiger partial charge in [0.1, 0.15) is 0 Å². The third-order valence-corrected chi connectivity index (χ3v) is 8.27. The van der Waals surface area contributed by atoms with Gasteiger partial charge in [0.25, 0.3) is 0 Å². The number of piperidine rings is 1. The summed E-state index contributed by atoms with van der Waals surface area (Å²) in [7, 11) is -3.45. The molecule has 1 aliphatic heterocycles. The fourth-order valence-electron chi connectivity index (χ4n) is 4.83. The first-order chi connectivity index (χ1) is 12.0. The summed E-state index contributed by atoms with van der Waals surface area (Å²) in [6.07, 6.45) is 9.99. The lowest BCUT2D eigenvalue weighted by molar-refractivity contribution is -0.136. The van der Waals surface area contributed by atoms with Crippen molar-refractivity contribution in [1.82, 2.24) is 9.62 Å². The molecule has 3 rings (SSSR count). The molecular weight excluding hydrogens is 338 g/mol. The van der Waals surface area contributed by atoms with Crippen LogP contribution in [0, 0.1) is 11.8 Å². The number of likely N-dealkylation sites (tertiary alicyclic amines) is 1. The quantitative estimate of drug-likeness (QED) is 0.742. The number of carbonyl (C=O) groups excluding carboxylic acids is 1. The number of carbonyl (C=O) groups is 1. The molecule has 2 saturated carbocycles. The van der Waals surface area contributed by atoms with Crippen molar-refractivity contribution in [2.45, 2.75) is 75.5 Å². The van der Waals surface area contributed by atoms with Gasteiger partial charge in [-0.25, -0.2) is 13.1 Å². The van der Waals surface area contributed by atoms with Crippen LogP contribution in [-0.4, -0.2) is 50.2 Å². The van der Waals surface area contributed by atoms with Gasteiger partial charge in [-0.05, 0) is 44.4 Å². The van der Waals surface area contributed by atoms with Gasteiger partial charge in [0.2, 0.25) is 15.9 Å². The number of rotatable bonds is 6. The van der Waals surface area contributed by atoms with Gasteiger partial charge >= 0.3 is 0 Å². The maximum Gasteiger partial charge on any atom is 0.225 e. The predicted octanol–water partition coefficient (Wildman–Crippen LogP) is 1.60. The van der Waals surface area contributed by atoms with E-state index >= 15 is 0 Å². The molecule has 25 heavy (non-hydrogen) atoms. The smallest absolute Gasteiger partial charge is 0.225 e. The number of nitrogens with two attached hydrogens (primary N) is 1. The molecular formula is C18H33N3O3S. The van der Waals surface area contributed by atoms with Crippen LogP contribution in [0.15, 0.2) is 0 Å². The van der Waals surface area contributed by atoms with Gasteiger partial charge in [-0.2, -0.15) is 0 Å². The zero-order chi connectivity index (χ0) is 17.9. The van der Waals surface area contributed by atoms with Gasteiger partial charge in [-0.3, -0.25) is 4.79 Å². The van der Waals surface area contributed by atoms with Crippen LogP contribution < -0.4 is 10.5 Å². The third kappa shape index (κ3) is 4.55. The Hall–Kier alpha value is -0.660. The fraction of sp³-hybridized carbons (Fsp3) is 0.944. The molecule has 0 aromatic heterocycles. The van der Waals surface area contributed by atoms with E-state index in [0.29, 0.717) is 32.0 Å². The predicted molar refractivity (Wildman–Crippen MR) is 98.4 cm³/mol. The highest BCUT2D eigenvalue weighted by molar-refractivity contribution is 7.90. The van der Waals surface area contributed by atoms with Crippen molar-refractivity contribution in [2.75, 3.05) is 19.6 Å². The monoisotopic (exact) mass is 371 g/mol. The molecule has 2 aliphatic carbocycles. The fourth-order valence-corrected chi connectivity index (χ4v) is 6.58. The molecule has 144 valence electrons. The minimum absolute atomic E-state index is 0.115. The van der Waals surface area contributed by atoms with Crippen LogP contribution in [0.2, 0.25) is 0 Å². The van der Waals surface area contributed by atoms with Crippen LogP contribution in [0.4, 0.5) is 0 Å². The molecule has 0 aromatic carbocycles. The van der Waals surface area contributed by atoms with Gasteiger partial charge in [0.15, 0.2) is 0 Å². The molecule has 6 nitrogen and oxygen atoms in total. The van der Waals surface area contributed by atoms with Crippen molar-refractivity contribution < 1.29 is 13.2 Å². The van der Waals surface area contributed by atoms with E-state index in [1.165, 1.54) is 0 Å². The highest BCUT2D eigenvalue weighted by atomic mass is 32.2. The molecule has 0 spiro atoms. The van der Waals surface area contributed by atoms with Crippen LogP contribution in [-0.2, 0) is 14.8 Å². The summed E-state index contributed by atoms with van der Waals surface area (Å²) in [4.78, 5) is 14.5. The van der Waals surface area contributed by atoms with Crippen molar-refractivity contribution >= 4 is 15.9 Å². The third-order valence-electron chi connectivity index (χ3n) is 6.37. The normalized spacial score (nSPS) is 27.7. The lowest BCUT2D eigenvalue weighted by atomic mass is 9.99. The maximum atomic E-state index is 12.9. The van der Waals surface area contributed by atoms with Gasteiger partial charge in [-0.15, -0.1) is 0 Å². The number of nitrogens with one attached hydrogen (secondary N) is 1. The Morgan fingerprint density at radius 3 is 2.32 bits per heavy atom. The molecule has 0 bridgehead atoms. The topological polar surface area (TPSA) is 92.5 Å². The van der Waals surface area contributed by atoms with Crippen LogP contribution in [0.5, 0.6) is 0 Å². The number of hydrogen-bond donors (Lipinski definition) is 2. The molecule has 2 unspecified atom stereocenters. The number of hydrogen-bond acceptors (Lipinski definition) is 4. The molecule has 1 heterocycles. The molecule has 3 fully saturated rings. The van der Waals surface area contributed by atoms with Gasteiger partial charge in [0.05, 0.1) is 5.25 Å². The second kappa shape index (κ2) is 8.35. The second-order valence-electron chi connectivity index (χ2n) is 8.08. The summed E-state index contributed by atoms with van der Waals surface area (Å²) in [5.41, 5.74) is 5.86. The van der Waals surface area contributed by atoms with E-state index in [2.05, 4.69) is 4.72 Å². The van der Waals surface area contributed by atoms with Gasteiger partial charge < -0.3 is 10.6 Å². The molecule has 3 N–H and O–H groups in total. The summed E-state index contributed by atoms with van der Waals surface area (Å²) < 4.78 is 28.7. The molecule has 0 radical (unpaired) electrons. The van der Waals surface area contributed by atoms with Crippen molar-refractivity contribution in [3.8, 4) is 0 Å². The molecule has 1 saturated heterocycles. The average Bonchev–Trinajstić information content (AvgIpc) is 3.32. The summed E-state index contributed by atoms with van der Waals surface area (Å²) in [5.74, 6) is 0.646. The summed E-state index contributed by atoms with van der Waals surface area (Å²) in [6.45, 7) is 1.39. The second-order valence-corrected chi connectivity index (χ2v) is 10.1. The largest absolute Gasteiger partial charge is 0.341 e. The highest BCUT2D eigenvalue weighted by Gasteiger charge is 2.37. The minimum atomic E-state index is -3.45. The maximum absolute atomic E-state index is 12.9. The Bertz CT molecular complexity index is 554. The number of sulfonamides is 1. The van der Waals surface area contributed by atoms with Crippen LogP contribution in [0.3, 0.4) is 0 Å². The Balaban J connectivity index is 1.61. The SMILES string of the molecule is NCC(NS(=O)(=O)C1CCCN(C(=O)C2CCCC2)C1)C1CCCC1. The molecule has 1 amide bonds. The van der Waals surface area contributed by atoms with E-state index in [1.54, 1.807) is 4.90 Å². The lowest BCUT2D eigenvalue weighted by Crippen LogP contribution is -2.53. The lowest BCUT2D eigenvalue weighted by Gasteiger charge is -2.35. The first-order valence-corrected chi connectivity index (χ1v) is 11.6. The Morgan fingerprint density at radius 1 is 1.04 bits per heavy atom. The van der Waals surface area contributed by atoms with E-state index < -0.39 is 15.3 Å². The van der Waals surface area contributed by atoms with E-state index in [1.807, 2.05) is 0 Å². The van der Waals surface area contributed by atoms with Gasteiger partial charge in [-0.1, -0.05) is 25.7 Å². The number of nitrogens with zero attached hydrogens (tertiary/aromatic N) is 1. The minimum Gasteiger partial charge on any atom is -0.341 e. The highest BCUT2D eigenvalue weighted by Crippen LogP contribution is 2.30.